The number of nitrogens with one attached hydrogen (secondary N) is 1. The van der Waals surface area contributed by atoms with Crippen molar-refractivity contribution in [3.63, 3.8) is 0 Å². The summed E-state index contributed by atoms with van der Waals surface area (Å²) in [6, 6.07) is 3.79. The molecule has 0 unspecified atom stereocenters. The summed E-state index contributed by atoms with van der Waals surface area (Å²) < 4.78 is 37.2. The molecule has 0 aliphatic carbocycles. The number of benzene rings is 1. The molecular weight excluding hydrogens is 273 g/mol. The van der Waals surface area contributed by atoms with Crippen LogP contribution in [-0.2, 0) is 11.0 Å². The van der Waals surface area contributed by atoms with Gasteiger partial charge in [-0.05, 0) is 30.7 Å². The van der Waals surface area contributed by atoms with Gasteiger partial charge >= 0.3 is 12.2 Å². The van der Waals surface area contributed by atoms with Crippen LogP contribution in [0.25, 0.3) is 6.08 Å². The van der Waals surface area contributed by atoms with Crippen LogP contribution in [-0.4, -0.2) is 23.4 Å². The van der Waals surface area contributed by atoms with E-state index in [-0.39, 0.29) is 12.2 Å². The first kappa shape index (κ1) is 14.1. The van der Waals surface area contributed by atoms with Gasteiger partial charge in [0.1, 0.15) is 5.70 Å². The van der Waals surface area contributed by atoms with Crippen molar-refractivity contribution in [1.82, 2.24) is 10.2 Å². The van der Waals surface area contributed by atoms with Crippen molar-refractivity contribution in [2.45, 2.75) is 13.1 Å². The van der Waals surface area contributed by atoms with Gasteiger partial charge in [-0.1, -0.05) is 12.1 Å². The van der Waals surface area contributed by atoms with Crippen LogP contribution in [0.2, 0.25) is 0 Å². The molecule has 1 fully saturated rings. The Kier molecular flexibility index (Phi) is 3.52. The summed E-state index contributed by atoms with van der Waals surface area (Å²) in [5, 5.41) is 2.37. The number of nitrogens with zero attached hydrogens (tertiary/aromatic N) is 1. The largest absolute Gasteiger partial charge is 0.416 e. The highest BCUT2D eigenvalue weighted by Crippen LogP contribution is 2.29. The molecule has 0 aromatic heterocycles. The van der Waals surface area contributed by atoms with Gasteiger partial charge in [0.15, 0.2) is 0 Å². The van der Waals surface area contributed by atoms with Crippen molar-refractivity contribution in [3.05, 3.63) is 41.1 Å². The lowest BCUT2D eigenvalue weighted by atomic mass is 10.1. The molecule has 0 radical (unpaired) electrons. The molecule has 0 atom stereocenters. The molecule has 7 heteroatoms. The second-order valence-electron chi connectivity index (χ2n) is 4.16. The Labute approximate surface area is 112 Å². The summed E-state index contributed by atoms with van der Waals surface area (Å²) in [6.45, 7) is 1.88. The van der Waals surface area contributed by atoms with E-state index in [9.17, 15) is 22.8 Å². The van der Waals surface area contributed by atoms with Gasteiger partial charge in [-0.25, -0.2) is 4.79 Å². The highest BCUT2D eigenvalue weighted by Gasteiger charge is 2.32. The van der Waals surface area contributed by atoms with E-state index < -0.39 is 23.7 Å². The number of urea groups is 1. The normalized spacial score (nSPS) is 17.8. The molecule has 1 saturated heterocycles. The van der Waals surface area contributed by atoms with E-state index >= 15 is 0 Å². The van der Waals surface area contributed by atoms with Gasteiger partial charge in [0, 0.05) is 6.54 Å². The third-order valence-corrected chi connectivity index (χ3v) is 2.83. The molecule has 4 nitrogen and oxygen atoms in total. The van der Waals surface area contributed by atoms with Crippen LogP contribution in [0.3, 0.4) is 0 Å². The van der Waals surface area contributed by atoms with Crippen molar-refractivity contribution in [2.75, 3.05) is 6.54 Å². The molecule has 1 N–H and O–H groups in total. The number of hydrogen-bond acceptors (Lipinski definition) is 2. The standard InChI is InChI=1S/C13H11F3N2O2/c1-2-18-11(19)10(17-12(18)20)7-8-3-5-9(6-4-8)13(14,15)16/h3-7H,2H2,1H3,(H,17,20)/b10-7+. The fraction of sp³-hybridized carbons (Fsp3) is 0.231. The van der Waals surface area contributed by atoms with E-state index in [1.54, 1.807) is 6.92 Å². The monoisotopic (exact) mass is 284 g/mol. The molecule has 106 valence electrons. The third kappa shape index (κ3) is 2.66. The first-order chi connectivity index (χ1) is 9.32. The van der Waals surface area contributed by atoms with E-state index in [4.69, 9.17) is 0 Å². The van der Waals surface area contributed by atoms with Crippen molar-refractivity contribution in [1.29, 1.82) is 0 Å². The minimum atomic E-state index is -4.40. The fourth-order valence-corrected chi connectivity index (χ4v) is 1.79. The van der Waals surface area contributed by atoms with E-state index in [0.29, 0.717) is 5.56 Å². The summed E-state index contributed by atoms with van der Waals surface area (Å²) >= 11 is 0. The third-order valence-electron chi connectivity index (χ3n) is 2.83. The first-order valence-corrected chi connectivity index (χ1v) is 5.84. The molecule has 3 amide bonds. The lowest BCUT2D eigenvalue weighted by Crippen LogP contribution is -2.30. The minimum absolute atomic E-state index is 0.0524. The minimum Gasteiger partial charge on any atom is -0.303 e. The molecule has 1 aromatic rings. The van der Waals surface area contributed by atoms with E-state index in [1.165, 1.54) is 18.2 Å². The molecular formula is C13H11F3N2O2. The molecule has 20 heavy (non-hydrogen) atoms. The predicted octanol–water partition coefficient (Wildman–Crippen LogP) is 2.62. The van der Waals surface area contributed by atoms with Crippen molar-refractivity contribution < 1.29 is 22.8 Å². The summed E-state index contributed by atoms with van der Waals surface area (Å²) in [4.78, 5) is 24.2. The Balaban J connectivity index is 2.24. The van der Waals surface area contributed by atoms with Crippen LogP contribution in [0.15, 0.2) is 30.0 Å². The highest BCUT2D eigenvalue weighted by atomic mass is 19.4. The van der Waals surface area contributed by atoms with Gasteiger partial charge in [-0.15, -0.1) is 0 Å². The molecule has 2 rings (SSSR count). The maximum absolute atomic E-state index is 12.4. The molecule has 1 heterocycles. The van der Waals surface area contributed by atoms with E-state index in [1.807, 2.05) is 0 Å². The maximum atomic E-state index is 12.4. The molecule has 0 bridgehead atoms. The van der Waals surface area contributed by atoms with Gasteiger partial charge in [0.2, 0.25) is 0 Å². The van der Waals surface area contributed by atoms with Crippen LogP contribution >= 0.6 is 0 Å². The second kappa shape index (κ2) is 4.99. The van der Waals surface area contributed by atoms with Gasteiger partial charge in [0.25, 0.3) is 5.91 Å². The summed E-state index contributed by atoms with van der Waals surface area (Å²) in [7, 11) is 0. The smallest absolute Gasteiger partial charge is 0.303 e. The average Bonchev–Trinajstić information content (AvgIpc) is 2.63. The van der Waals surface area contributed by atoms with Crippen LogP contribution in [0.4, 0.5) is 18.0 Å². The molecule has 0 saturated carbocycles. The zero-order valence-corrected chi connectivity index (χ0v) is 10.5. The van der Waals surface area contributed by atoms with Crippen LogP contribution in [0.1, 0.15) is 18.1 Å². The molecule has 1 aromatic carbocycles. The SMILES string of the molecule is CCN1C(=O)N/C(=C/c2ccc(C(F)(F)F)cc2)C1=O. The van der Waals surface area contributed by atoms with Crippen LogP contribution in [0.5, 0.6) is 0 Å². The number of carbonyl (C=O) groups is 2. The Morgan fingerprint density at radius 2 is 1.80 bits per heavy atom. The molecule has 0 spiro atoms. The van der Waals surface area contributed by atoms with Crippen LogP contribution < -0.4 is 5.32 Å². The summed E-state index contributed by atoms with van der Waals surface area (Å²) in [5.74, 6) is -0.489. The molecule has 1 aliphatic rings. The fourth-order valence-electron chi connectivity index (χ4n) is 1.79. The zero-order chi connectivity index (χ0) is 14.9. The van der Waals surface area contributed by atoms with E-state index in [0.717, 1.165) is 17.0 Å². The van der Waals surface area contributed by atoms with Gasteiger partial charge < -0.3 is 5.32 Å². The number of halogens is 3. The number of rotatable bonds is 2. The van der Waals surface area contributed by atoms with Crippen molar-refractivity contribution >= 4 is 18.0 Å². The predicted molar refractivity (Wildman–Crippen MR) is 65.3 cm³/mol. The Morgan fingerprint density at radius 1 is 1.20 bits per heavy atom. The topological polar surface area (TPSA) is 49.4 Å². The van der Waals surface area contributed by atoms with E-state index in [2.05, 4.69) is 5.32 Å². The highest BCUT2D eigenvalue weighted by molar-refractivity contribution is 6.13. The van der Waals surface area contributed by atoms with Crippen molar-refractivity contribution in [3.8, 4) is 0 Å². The number of likely N-dealkylation sites (N-methyl/N-ethyl adjacent to an activating group) is 1. The van der Waals surface area contributed by atoms with Gasteiger partial charge in [-0.3, -0.25) is 9.69 Å². The number of alkyl halides is 3. The Hall–Kier alpha value is -2.31. The molecule has 1 aliphatic heterocycles. The average molecular weight is 284 g/mol. The maximum Gasteiger partial charge on any atom is 0.416 e. The summed E-state index contributed by atoms with van der Waals surface area (Å²) in [6.07, 6.45) is -3.06. The van der Waals surface area contributed by atoms with Crippen LogP contribution in [0, 0.1) is 0 Å². The number of hydrogen-bond donors (Lipinski definition) is 1. The zero-order valence-electron chi connectivity index (χ0n) is 10.5. The van der Waals surface area contributed by atoms with Crippen molar-refractivity contribution in [2.24, 2.45) is 0 Å². The Bertz CT molecular complexity index is 576. The second-order valence-corrected chi connectivity index (χ2v) is 4.16. The first-order valence-electron chi connectivity index (χ1n) is 5.84. The number of imide groups is 1. The summed E-state index contributed by atoms with van der Waals surface area (Å²) in [5.41, 5.74) is -0.312. The van der Waals surface area contributed by atoms with Gasteiger partial charge in [0.05, 0.1) is 5.56 Å². The van der Waals surface area contributed by atoms with Gasteiger partial charge in [-0.2, -0.15) is 13.2 Å². The number of amides is 3. The quantitative estimate of drug-likeness (QED) is 0.670. The lowest BCUT2D eigenvalue weighted by molar-refractivity contribution is -0.137. The lowest BCUT2D eigenvalue weighted by Gasteiger charge is -2.06. The number of carbonyl (C=O) groups excluding carboxylic acids is 2. The Morgan fingerprint density at radius 3 is 2.25 bits per heavy atom.